The van der Waals surface area contributed by atoms with Crippen molar-refractivity contribution in [2.75, 3.05) is 18.0 Å². The minimum Gasteiger partial charge on any atom is -0.364 e. The van der Waals surface area contributed by atoms with Crippen LogP contribution >= 0.6 is 0 Å². The first-order valence-corrected chi connectivity index (χ1v) is 12.8. The van der Waals surface area contributed by atoms with Gasteiger partial charge in [0.15, 0.2) is 0 Å². The van der Waals surface area contributed by atoms with Crippen LogP contribution in [0.25, 0.3) is 21.9 Å². The molecular formula is C28H33N7O. The van der Waals surface area contributed by atoms with Crippen LogP contribution in [0.5, 0.6) is 0 Å². The number of anilines is 1. The molecule has 186 valence electrons. The lowest BCUT2D eigenvalue weighted by Gasteiger charge is -2.49. The standard InChI is InChI=1S/C28H33N7O/c1-5-21-17-35(25-15-27(36)32(4)26-18-33(14-13-29)31-28(25)26)22(6-2)16-34(21)19(3)23-12-11-20-9-7-8-10-24(20)30-23/h7-12,15,18-19,21-22H,5-6,14,16-17H2,1-4H3/t19?,21-,22+/m1/s1. The van der Waals surface area contributed by atoms with Gasteiger partial charge in [0.05, 0.1) is 34.7 Å². The number of nitriles is 1. The monoisotopic (exact) mass is 483 g/mol. The minimum atomic E-state index is -0.0620. The molecule has 3 atom stereocenters. The number of benzene rings is 1. The first-order valence-electron chi connectivity index (χ1n) is 12.8. The van der Waals surface area contributed by atoms with Crippen molar-refractivity contribution in [3.63, 3.8) is 0 Å². The Kier molecular flexibility index (Phi) is 6.50. The zero-order valence-electron chi connectivity index (χ0n) is 21.4. The molecule has 0 bridgehead atoms. The molecule has 4 heterocycles. The van der Waals surface area contributed by atoms with E-state index in [4.69, 9.17) is 15.3 Å². The number of rotatable bonds is 6. The lowest BCUT2D eigenvalue weighted by Crippen LogP contribution is -2.59. The van der Waals surface area contributed by atoms with Crippen LogP contribution in [0.2, 0.25) is 0 Å². The predicted molar refractivity (Wildman–Crippen MR) is 143 cm³/mol. The molecule has 1 aromatic carbocycles. The predicted octanol–water partition coefficient (Wildman–Crippen LogP) is 4.25. The lowest BCUT2D eigenvalue weighted by molar-refractivity contribution is 0.0993. The summed E-state index contributed by atoms with van der Waals surface area (Å²) in [4.78, 5) is 22.8. The maximum atomic E-state index is 12.9. The summed E-state index contributed by atoms with van der Waals surface area (Å²) in [5, 5.41) is 15.0. The Morgan fingerprint density at radius 1 is 1.11 bits per heavy atom. The number of hydrogen-bond donors (Lipinski definition) is 0. The van der Waals surface area contributed by atoms with Crippen molar-refractivity contribution in [3.05, 3.63) is 64.7 Å². The van der Waals surface area contributed by atoms with Crippen molar-refractivity contribution >= 4 is 27.6 Å². The molecule has 4 aromatic rings. The highest BCUT2D eigenvalue weighted by atomic mass is 16.1. The molecule has 0 spiro atoms. The number of hydrogen-bond acceptors (Lipinski definition) is 6. The van der Waals surface area contributed by atoms with Gasteiger partial charge < -0.3 is 9.47 Å². The van der Waals surface area contributed by atoms with Crippen molar-refractivity contribution in [3.8, 4) is 6.07 Å². The van der Waals surface area contributed by atoms with Gasteiger partial charge in [0.2, 0.25) is 0 Å². The topological polar surface area (TPSA) is 83.0 Å². The van der Waals surface area contributed by atoms with E-state index < -0.39 is 0 Å². The second-order valence-electron chi connectivity index (χ2n) is 9.72. The summed E-state index contributed by atoms with van der Waals surface area (Å²) in [5.74, 6) is 0. The molecule has 3 aromatic heterocycles. The molecule has 5 rings (SSSR count). The number of nitrogens with zero attached hydrogens (tertiary/aromatic N) is 7. The second-order valence-corrected chi connectivity index (χ2v) is 9.72. The van der Waals surface area contributed by atoms with Gasteiger partial charge in [0, 0.05) is 49.7 Å². The SMILES string of the molecule is CC[C@H]1CN(C(C)c2ccc3ccccc3n2)[C@H](CC)CN1c1cc(=O)n(C)c2cn(CC#N)nc12. The van der Waals surface area contributed by atoms with Gasteiger partial charge in [-0.05, 0) is 31.9 Å². The fraction of sp³-hybridized carbons (Fsp3) is 0.429. The Balaban J connectivity index is 1.51. The molecule has 0 N–H and O–H groups in total. The third-order valence-electron chi connectivity index (χ3n) is 7.71. The molecule has 0 aliphatic carbocycles. The normalized spacial score (nSPS) is 19.6. The smallest absolute Gasteiger partial charge is 0.252 e. The number of fused-ring (bicyclic) bond motifs is 2. The van der Waals surface area contributed by atoms with Crippen LogP contribution in [0.3, 0.4) is 0 Å². The van der Waals surface area contributed by atoms with E-state index in [1.54, 1.807) is 28.6 Å². The number of aryl methyl sites for hydroxylation is 1. The molecular weight excluding hydrogens is 450 g/mol. The maximum absolute atomic E-state index is 12.9. The van der Waals surface area contributed by atoms with Crippen molar-refractivity contribution in [1.29, 1.82) is 5.26 Å². The molecule has 0 saturated carbocycles. The molecule has 8 heteroatoms. The van der Waals surface area contributed by atoms with Crippen LogP contribution < -0.4 is 10.5 Å². The summed E-state index contributed by atoms with van der Waals surface area (Å²) in [5.41, 5.74) is 4.45. The Bertz CT molecular complexity index is 1500. The Hall–Kier alpha value is -3.70. The van der Waals surface area contributed by atoms with E-state index in [0.717, 1.165) is 59.2 Å². The number of pyridine rings is 2. The fourth-order valence-corrected chi connectivity index (χ4v) is 5.55. The summed E-state index contributed by atoms with van der Waals surface area (Å²) >= 11 is 0. The largest absolute Gasteiger partial charge is 0.364 e. The van der Waals surface area contributed by atoms with Crippen molar-refractivity contribution in [1.82, 2.24) is 24.2 Å². The lowest BCUT2D eigenvalue weighted by atomic mass is 9.98. The van der Waals surface area contributed by atoms with Crippen LogP contribution in [0.1, 0.15) is 45.3 Å². The van der Waals surface area contributed by atoms with Gasteiger partial charge in [0.1, 0.15) is 12.1 Å². The van der Waals surface area contributed by atoms with E-state index in [9.17, 15) is 4.79 Å². The van der Waals surface area contributed by atoms with Crippen LogP contribution in [0.15, 0.2) is 53.5 Å². The summed E-state index contributed by atoms with van der Waals surface area (Å²) in [6.07, 6.45) is 3.73. The summed E-state index contributed by atoms with van der Waals surface area (Å²) in [7, 11) is 1.76. The average Bonchev–Trinajstić information content (AvgIpc) is 3.33. The zero-order valence-corrected chi connectivity index (χ0v) is 21.4. The number of para-hydroxylation sites is 1. The van der Waals surface area contributed by atoms with Gasteiger partial charge in [-0.25, -0.2) is 0 Å². The molecule has 36 heavy (non-hydrogen) atoms. The van der Waals surface area contributed by atoms with Gasteiger partial charge in [-0.3, -0.25) is 19.4 Å². The van der Waals surface area contributed by atoms with E-state index in [-0.39, 0.29) is 24.2 Å². The van der Waals surface area contributed by atoms with E-state index in [1.807, 2.05) is 12.1 Å². The highest BCUT2D eigenvalue weighted by Gasteiger charge is 2.36. The van der Waals surface area contributed by atoms with Crippen LogP contribution in [0, 0.1) is 11.3 Å². The van der Waals surface area contributed by atoms with Crippen molar-refractivity contribution in [2.45, 2.75) is 58.3 Å². The third-order valence-corrected chi connectivity index (χ3v) is 7.71. The fourth-order valence-electron chi connectivity index (χ4n) is 5.55. The molecule has 1 unspecified atom stereocenters. The Labute approximate surface area is 211 Å². The summed E-state index contributed by atoms with van der Waals surface area (Å²) in [6.45, 7) is 8.52. The van der Waals surface area contributed by atoms with Crippen LogP contribution in [0.4, 0.5) is 5.69 Å². The van der Waals surface area contributed by atoms with Crippen LogP contribution in [-0.2, 0) is 13.6 Å². The molecule has 1 aliphatic heterocycles. The second kappa shape index (κ2) is 9.75. The van der Waals surface area contributed by atoms with E-state index in [1.165, 1.54) is 0 Å². The number of aromatic nitrogens is 4. The quantitative estimate of drug-likeness (QED) is 0.408. The number of piperazine rings is 1. The van der Waals surface area contributed by atoms with Gasteiger partial charge in [0.25, 0.3) is 5.56 Å². The van der Waals surface area contributed by atoms with Crippen LogP contribution in [-0.4, -0.2) is 49.4 Å². The van der Waals surface area contributed by atoms with Gasteiger partial charge in [-0.15, -0.1) is 0 Å². The first-order chi connectivity index (χ1) is 17.4. The van der Waals surface area contributed by atoms with Gasteiger partial charge >= 0.3 is 0 Å². The van der Waals surface area contributed by atoms with Gasteiger partial charge in [-0.2, -0.15) is 10.4 Å². The van der Waals surface area contributed by atoms with E-state index in [2.05, 4.69) is 60.9 Å². The first kappa shape index (κ1) is 24.0. The Morgan fingerprint density at radius 2 is 1.89 bits per heavy atom. The molecule has 8 nitrogen and oxygen atoms in total. The molecule has 0 radical (unpaired) electrons. The summed E-state index contributed by atoms with van der Waals surface area (Å²) < 4.78 is 3.23. The van der Waals surface area contributed by atoms with E-state index >= 15 is 0 Å². The third kappa shape index (κ3) is 4.14. The van der Waals surface area contributed by atoms with Crippen molar-refractivity contribution < 1.29 is 0 Å². The molecule has 1 saturated heterocycles. The molecule has 1 fully saturated rings. The zero-order chi connectivity index (χ0) is 25.4. The molecule has 1 aliphatic rings. The van der Waals surface area contributed by atoms with E-state index in [0.29, 0.717) is 6.04 Å². The van der Waals surface area contributed by atoms with Crippen molar-refractivity contribution in [2.24, 2.45) is 7.05 Å². The average molecular weight is 484 g/mol. The molecule has 0 amide bonds. The highest BCUT2D eigenvalue weighted by Crippen LogP contribution is 2.34. The van der Waals surface area contributed by atoms with Gasteiger partial charge in [-0.1, -0.05) is 38.1 Å². The Morgan fingerprint density at radius 3 is 2.64 bits per heavy atom. The highest BCUT2D eigenvalue weighted by molar-refractivity contribution is 5.88. The summed E-state index contributed by atoms with van der Waals surface area (Å²) in [6, 6.07) is 17.1. The maximum Gasteiger partial charge on any atom is 0.252 e. The minimum absolute atomic E-state index is 0.0620.